The fourth-order valence-electron chi connectivity index (χ4n) is 3.38. The molecule has 12 nitrogen and oxygen atoms in total. The van der Waals surface area contributed by atoms with Crippen LogP contribution < -0.4 is 27.4 Å². The van der Waals surface area contributed by atoms with Crippen molar-refractivity contribution in [2.24, 2.45) is 11.5 Å². The lowest BCUT2D eigenvalue weighted by Crippen LogP contribution is -2.58. The van der Waals surface area contributed by atoms with E-state index in [2.05, 4.69) is 46.2 Å². The number of fused-ring (bicyclic) bond motifs is 1. The first kappa shape index (κ1) is 29.0. The van der Waals surface area contributed by atoms with Crippen LogP contribution in [0.2, 0.25) is 0 Å². The van der Waals surface area contributed by atoms with Gasteiger partial charge in [0, 0.05) is 41.4 Å². The molecule has 9 N–H and O–H groups in total. The maximum Gasteiger partial charge on any atom is 0.326 e. The monoisotopic (exact) mass is 538 g/mol. The third-order valence-electron chi connectivity index (χ3n) is 5.37. The second kappa shape index (κ2) is 13.8. The van der Waals surface area contributed by atoms with Gasteiger partial charge in [0.1, 0.15) is 18.1 Å². The number of rotatable bonds is 14. The molecule has 196 valence electrons. The highest BCUT2D eigenvalue weighted by atomic mass is 32.1. The number of hydrogen-bond donors (Lipinski definition) is 9. The van der Waals surface area contributed by atoms with Gasteiger partial charge in [-0.15, -0.1) is 0 Å². The molecule has 2 rings (SSSR count). The summed E-state index contributed by atoms with van der Waals surface area (Å²) in [5.41, 5.74) is 12.3. The summed E-state index contributed by atoms with van der Waals surface area (Å²) in [6.45, 7) is 0. The smallest absolute Gasteiger partial charge is 0.326 e. The number of carbonyl (C=O) groups is 5. The molecule has 4 unspecified atom stereocenters. The Morgan fingerprint density at radius 1 is 0.917 bits per heavy atom. The van der Waals surface area contributed by atoms with E-state index in [4.69, 9.17) is 11.5 Å². The molecule has 4 atom stereocenters. The van der Waals surface area contributed by atoms with Gasteiger partial charge in [-0.2, -0.15) is 25.3 Å². The van der Waals surface area contributed by atoms with Crippen molar-refractivity contribution in [3.8, 4) is 0 Å². The number of primary amides is 1. The number of nitrogens with one attached hydrogen (secondary N) is 4. The lowest BCUT2D eigenvalue weighted by molar-refractivity contribution is -0.142. The first-order chi connectivity index (χ1) is 17.1. The van der Waals surface area contributed by atoms with Gasteiger partial charge in [0.2, 0.25) is 23.6 Å². The molecule has 0 aliphatic carbocycles. The van der Waals surface area contributed by atoms with Gasteiger partial charge in [0.15, 0.2) is 0 Å². The Kier molecular flexibility index (Phi) is 11.1. The minimum atomic E-state index is -1.32. The zero-order valence-corrected chi connectivity index (χ0v) is 21.1. The summed E-state index contributed by atoms with van der Waals surface area (Å²) in [4.78, 5) is 64.1. The number of thiol groups is 2. The number of H-pyrrole nitrogens is 1. The van der Waals surface area contributed by atoms with Crippen LogP contribution in [0.25, 0.3) is 10.9 Å². The predicted octanol–water partition coefficient (Wildman–Crippen LogP) is -1.30. The Balaban J connectivity index is 2.15. The summed E-state index contributed by atoms with van der Waals surface area (Å²) in [5, 5.41) is 17.8. The highest BCUT2D eigenvalue weighted by molar-refractivity contribution is 7.80. The fraction of sp³-hybridized carbons (Fsp3) is 0.409. The quantitative estimate of drug-likeness (QED) is 0.133. The number of carbonyl (C=O) groups excluding carboxylic acids is 4. The highest BCUT2D eigenvalue weighted by Gasteiger charge is 2.30. The van der Waals surface area contributed by atoms with Crippen LogP contribution in [-0.2, 0) is 30.4 Å². The van der Waals surface area contributed by atoms with Crippen LogP contribution in [0.5, 0.6) is 0 Å². The molecule has 36 heavy (non-hydrogen) atoms. The van der Waals surface area contributed by atoms with Gasteiger partial charge in [0.25, 0.3) is 0 Å². The molecule has 1 heterocycles. The van der Waals surface area contributed by atoms with Crippen molar-refractivity contribution in [2.75, 3.05) is 11.5 Å². The Hall–Kier alpha value is -3.23. The number of aliphatic carboxylic acids is 1. The number of hydrogen-bond acceptors (Lipinski definition) is 8. The molecule has 1 aromatic heterocycles. The van der Waals surface area contributed by atoms with E-state index in [1.165, 1.54) is 0 Å². The van der Waals surface area contributed by atoms with Gasteiger partial charge < -0.3 is 37.5 Å². The molecule has 1 aromatic carbocycles. The third-order valence-corrected chi connectivity index (χ3v) is 6.13. The molecule has 0 bridgehead atoms. The number of carboxylic acids is 1. The first-order valence-electron chi connectivity index (χ1n) is 11.0. The molecule has 0 aliphatic heterocycles. The molecular weight excluding hydrogens is 508 g/mol. The van der Waals surface area contributed by atoms with Crippen LogP contribution in [0.4, 0.5) is 0 Å². The van der Waals surface area contributed by atoms with Crippen LogP contribution in [0.3, 0.4) is 0 Å². The largest absolute Gasteiger partial charge is 0.480 e. The normalized spacial score (nSPS) is 14.3. The Morgan fingerprint density at radius 2 is 1.53 bits per heavy atom. The molecule has 2 aromatic rings. The predicted molar refractivity (Wildman–Crippen MR) is 140 cm³/mol. The van der Waals surface area contributed by atoms with E-state index >= 15 is 0 Å². The number of aromatic amines is 1. The van der Waals surface area contributed by atoms with Crippen molar-refractivity contribution in [1.29, 1.82) is 0 Å². The van der Waals surface area contributed by atoms with E-state index in [1.54, 1.807) is 6.20 Å². The first-order valence-corrected chi connectivity index (χ1v) is 12.3. The molecule has 0 spiro atoms. The Morgan fingerprint density at radius 3 is 2.14 bits per heavy atom. The molecule has 0 radical (unpaired) electrons. The van der Waals surface area contributed by atoms with Gasteiger partial charge in [-0.1, -0.05) is 18.2 Å². The molecular formula is C22H30N6O6S2. The minimum absolute atomic E-state index is 0.0293. The molecule has 0 saturated heterocycles. The van der Waals surface area contributed by atoms with E-state index in [-0.39, 0.29) is 30.8 Å². The molecule has 0 fully saturated rings. The summed E-state index contributed by atoms with van der Waals surface area (Å²) in [6, 6.07) is 2.58. The standard InChI is InChI=1S/C22H30N6O6S2/c23-13(9-35)19(30)28-17(10-36)21(32)26-15(5-6-18(24)29)20(31)27-16(22(33)34)7-11-8-25-14-4-2-1-3-12(11)14/h1-4,8,13,15-17,25,35-36H,5-7,9-10,23H2,(H2,24,29)(H,26,32)(H,27,31)(H,28,30)(H,33,34). The van der Waals surface area contributed by atoms with Crippen molar-refractivity contribution in [3.05, 3.63) is 36.0 Å². The van der Waals surface area contributed by atoms with Gasteiger partial charge in [-0.05, 0) is 18.1 Å². The van der Waals surface area contributed by atoms with E-state index in [0.29, 0.717) is 5.56 Å². The van der Waals surface area contributed by atoms with E-state index < -0.39 is 53.8 Å². The summed E-state index contributed by atoms with van der Waals surface area (Å²) >= 11 is 7.99. The average Bonchev–Trinajstić information content (AvgIpc) is 3.26. The summed E-state index contributed by atoms with van der Waals surface area (Å²) < 4.78 is 0. The Bertz CT molecular complexity index is 1110. The second-order valence-electron chi connectivity index (χ2n) is 8.06. The van der Waals surface area contributed by atoms with Gasteiger partial charge >= 0.3 is 5.97 Å². The van der Waals surface area contributed by atoms with Crippen molar-refractivity contribution in [2.45, 2.75) is 43.4 Å². The zero-order valence-electron chi connectivity index (χ0n) is 19.3. The highest BCUT2D eigenvalue weighted by Crippen LogP contribution is 2.19. The number of aromatic nitrogens is 1. The molecule has 14 heteroatoms. The lowest BCUT2D eigenvalue weighted by atomic mass is 10.0. The number of amides is 4. The molecule has 0 saturated carbocycles. The topological polar surface area (TPSA) is 209 Å². The lowest BCUT2D eigenvalue weighted by Gasteiger charge is -2.24. The van der Waals surface area contributed by atoms with E-state index in [0.717, 1.165) is 10.9 Å². The van der Waals surface area contributed by atoms with Crippen LogP contribution in [-0.4, -0.2) is 75.4 Å². The maximum atomic E-state index is 13.0. The van der Waals surface area contributed by atoms with Crippen LogP contribution >= 0.6 is 25.3 Å². The number of nitrogens with two attached hydrogens (primary N) is 2. The number of benzene rings is 1. The van der Waals surface area contributed by atoms with Crippen LogP contribution in [0, 0.1) is 0 Å². The van der Waals surface area contributed by atoms with Crippen molar-refractivity contribution < 1.29 is 29.1 Å². The molecule has 0 aliphatic rings. The third kappa shape index (κ3) is 8.17. The number of carboxylic acid groups (broad SMARTS) is 1. The average molecular weight is 539 g/mol. The SMILES string of the molecule is NC(=O)CCC(NC(=O)C(CS)NC(=O)C(N)CS)C(=O)NC(Cc1c[nH]c2ccccc12)C(=O)O. The molecule has 4 amide bonds. The summed E-state index contributed by atoms with van der Waals surface area (Å²) in [7, 11) is 0. The van der Waals surface area contributed by atoms with E-state index in [9.17, 15) is 29.1 Å². The minimum Gasteiger partial charge on any atom is -0.480 e. The van der Waals surface area contributed by atoms with E-state index in [1.807, 2.05) is 24.3 Å². The maximum absolute atomic E-state index is 13.0. The number of para-hydroxylation sites is 1. The van der Waals surface area contributed by atoms with Crippen LogP contribution in [0.15, 0.2) is 30.5 Å². The fourth-order valence-corrected chi connectivity index (χ4v) is 3.80. The summed E-state index contributed by atoms with van der Waals surface area (Å²) in [6.07, 6.45) is 1.20. The van der Waals surface area contributed by atoms with Crippen LogP contribution in [0.1, 0.15) is 18.4 Å². The van der Waals surface area contributed by atoms with Crippen molar-refractivity contribution in [1.82, 2.24) is 20.9 Å². The summed E-state index contributed by atoms with van der Waals surface area (Å²) in [5.74, 6) is -4.29. The Labute approximate surface area is 218 Å². The van der Waals surface area contributed by atoms with Gasteiger partial charge in [0.05, 0.1) is 6.04 Å². The second-order valence-corrected chi connectivity index (χ2v) is 8.79. The van der Waals surface area contributed by atoms with Crippen molar-refractivity contribution in [3.63, 3.8) is 0 Å². The van der Waals surface area contributed by atoms with Gasteiger partial charge in [-0.3, -0.25) is 19.2 Å². The van der Waals surface area contributed by atoms with Gasteiger partial charge in [-0.25, -0.2) is 4.79 Å². The zero-order chi connectivity index (χ0) is 26.8. The van der Waals surface area contributed by atoms with Crippen molar-refractivity contribution >= 4 is 65.8 Å².